The number of aromatic amines is 1. The molecule has 1 saturated heterocycles. The van der Waals surface area contributed by atoms with E-state index in [0.29, 0.717) is 46.7 Å². The summed E-state index contributed by atoms with van der Waals surface area (Å²) < 4.78 is 6.72. The summed E-state index contributed by atoms with van der Waals surface area (Å²) in [4.78, 5) is 33.3. The van der Waals surface area contributed by atoms with Crippen molar-refractivity contribution in [2.45, 2.75) is 18.5 Å². The number of carbonyl (C=O) groups excluding carboxylic acids is 2. The van der Waals surface area contributed by atoms with Crippen molar-refractivity contribution in [3.8, 4) is 0 Å². The van der Waals surface area contributed by atoms with E-state index in [-0.39, 0.29) is 23.9 Å². The molecule has 0 spiro atoms. The molecule has 1 aliphatic carbocycles. The van der Waals surface area contributed by atoms with Crippen LogP contribution >= 0.6 is 34.5 Å². The van der Waals surface area contributed by atoms with E-state index in [1.165, 1.54) is 11.3 Å². The summed E-state index contributed by atoms with van der Waals surface area (Å²) in [6, 6.07) is 9.33. The molecule has 2 N–H and O–H groups in total. The standard InChI is InChI=1S/C23H24Cl2N4O3S/c1-28(18(30)12-29-6-8-32-9-7-29)21-14-5-3-2-4-13(14)10-15(21)27-23(31)16-11-17-20(26-16)19(24)22(25)33-17/h2-5,11,15,21,26H,6-10,12H2,1H3,(H,27,31)/t15-,21+/m0/s1. The molecule has 1 aromatic carbocycles. The van der Waals surface area contributed by atoms with Gasteiger partial charge in [0.25, 0.3) is 5.91 Å². The van der Waals surface area contributed by atoms with E-state index in [9.17, 15) is 9.59 Å². The Hall–Kier alpha value is -2.10. The van der Waals surface area contributed by atoms with E-state index in [0.717, 1.165) is 28.9 Å². The second-order valence-corrected chi connectivity index (χ2v) is 10.5. The highest BCUT2D eigenvalue weighted by atomic mass is 35.5. The Bertz CT molecular complexity index is 1200. The minimum absolute atomic E-state index is 0.0275. The fraction of sp³-hybridized carbons (Fsp3) is 0.391. The molecule has 2 amide bonds. The Morgan fingerprint density at radius 1 is 1.27 bits per heavy atom. The molecule has 7 nitrogen and oxygen atoms in total. The summed E-state index contributed by atoms with van der Waals surface area (Å²) >= 11 is 13.6. The van der Waals surface area contributed by atoms with Crippen LogP contribution in [0.4, 0.5) is 0 Å². The average Bonchev–Trinajstić information content (AvgIpc) is 3.46. The van der Waals surface area contributed by atoms with Gasteiger partial charge in [0.05, 0.1) is 47.1 Å². The van der Waals surface area contributed by atoms with Crippen molar-refractivity contribution >= 4 is 56.6 Å². The third kappa shape index (κ3) is 4.38. The third-order valence-corrected chi connectivity index (χ3v) is 8.33. The number of likely N-dealkylation sites (N-methyl/N-ethyl adjacent to an activating group) is 1. The molecule has 174 valence electrons. The maximum Gasteiger partial charge on any atom is 0.268 e. The molecule has 0 saturated carbocycles. The van der Waals surface area contributed by atoms with Crippen molar-refractivity contribution in [2.24, 2.45) is 0 Å². The van der Waals surface area contributed by atoms with E-state index >= 15 is 0 Å². The lowest BCUT2D eigenvalue weighted by molar-refractivity contribution is -0.134. The summed E-state index contributed by atoms with van der Waals surface area (Å²) in [6.45, 7) is 3.12. The lowest BCUT2D eigenvalue weighted by Crippen LogP contribution is -2.49. The summed E-state index contributed by atoms with van der Waals surface area (Å²) in [5, 5.41) is 3.57. The molecule has 0 unspecified atom stereocenters. The minimum Gasteiger partial charge on any atom is -0.379 e. The van der Waals surface area contributed by atoms with Gasteiger partial charge in [-0.15, -0.1) is 11.3 Å². The fourth-order valence-corrected chi connectivity index (χ4v) is 6.17. The molecule has 2 atom stereocenters. The van der Waals surface area contributed by atoms with E-state index < -0.39 is 0 Å². The highest BCUT2D eigenvalue weighted by Crippen LogP contribution is 2.39. The summed E-state index contributed by atoms with van der Waals surface area (Å²) in [6.07, 6.45) is 0.656. The molecule has 5 rings (SSSR count). The number of amides is 2. The number of aromatic nitrogens is 1. The van der Waals surface area contributed by atoms with E-state index in [1.807, 2.05) is 25.2 Å². The third-order valence-electron chi connectivity index (χ3n) is 6.40. The molecule has 0 radical (unpaired) electrons. The maximum absolute atomic E-state index is 13.2. The first kappa shape index (κ1) is 22.7. The van der Waals surface area contributed by atoms with Crippen LogP contribution in [-0.2, 0) is 16.0 Å². The van der Waals surface area contributed by atoms with Crippen LogP contribution in [0.15, 0.2) is 30.3 Å². The normalized spacial score (nSPS) is 20.7. The van der Waals surface area contributed by atoms with Gasteiger partial charge in [-0.3, -0.25) is 14.5 Å². The number of nitrogens with zero attached hydrogens (tertiary/aromatic N) is 2. The number of morpholine rings is 1. The van der Waals surface area contributed by atoms with Gasteiger partial charge in [0.15, 0.2) is 0 Å². The highest BCUT2D eigenvalue weighted by Gasteiger charge is 2.38. The summed E-state index contributed by atoms with van der Waals surface area (Å²) in [7, 11) is 1.82. The van der Waals surface area contributed by atoms with Gasteiger partial charge in [-0.1, -0.05) is 47.5 Å². The molecular weight excluding hydrogens is 483 g/mol. The molecule has 1 aliphatic heterocycles. The number of benzene rings is 1. The fourth-order valence-electron chi connectivity index (χ4n) is 4.69. The minimum atomic E-state index is -0.243. The molecule has 3 aromatic rings. The molecule has 0 bridgehead atoms. The summed E-state index contributed by atoms with van der Waals surface area (Å²) in [5.74, 6) is -0.206. The zero-order valence-electron chi connectivity index (χ0n) is 18.1. The van der Waals surface area contributed by atoms with E-state index in [2.05, 4.69) is 21.3 Å². The zero-order valence-corrected chi connectivity index (χ0v) is 20.4. The van der Waals surface area contributed by atoms with Gasteiger partial charge < -0.3 is 19.9 Å². The van der Waals surface area contributed by atoms with Crippen LogP contribution in [0.5, 0.6) is 0 Å². The van der Waals surface area contributed by atoms with Gasteiger partial charge in [-0.05, 0) is 23.6 Å². The summed E-state index contributed by atoms with van der Waals surface area (Å²) in [5.41, 5.74) is 3.30. The van der Waals surface area contributed by atoms with Crippen LogP contribution in [0.3, 0.4) is 0 Å². The second-order valence-electron chi connectivity index (χ2n) is 8.43. The van der Waals surface area contributed by atoms with E-state index in [1.54, 1.807) is 11.0 Å². The molecular formula is C23H24Cl2N4O3S. The largest absolute Gasteiger partial charge is 0.379 e. The van der Waals surface area contributed by atoms with Crippen molar-refractivity contribution in [1.82, 2.24) is 20.1 Å². The zero-order chi connectivity index (χ0) is 23.1. The number of H-pyrrole nitrogens is 1. The van der Waals surface area contributed by atoms with Crippen molar-refractivity contribution in [3.05, 3.63) is 56.5 Å². The van der Waals surface area contributed by atoms with Crippen LogP contribution in [0.1, 0.15) is 27.7 Å². The van der Waals surface area contributed by atoms with Crippen molar-refractivity contribution in [1.29, 1.82) is 0 Å². The number of hydrogen-bond acceptors (Lipinski definition) is 5. The monoisotopic (exact) mass is 506 g/mol. The Balaban J connectivity index is 1.35. The number of fused-ring (bicyclic) bond motifs is 2. The molecule has 3 heterocycles. The van der Waals surface area contributed by atoms with Gasteiger partial charge in [-0.25, -0.2) is 0 Å². The number of rotatable bonds is 5. The van der Waals surface area contributed by atoms with Crippen molar-refractivity contribution in [3.63, 3.8) is 0 Å². The highest BCUT2D eigenvalue weighted by molar-refractivity contribution is 7.23. The predicted molar refractivity (Wildman–Crippen MR) is 130 cm³/mol. The van der Waals surface area contributed by atoms with Crippen LogP contribution in [0.25, 0.3) is 10.2 Å². The van der Waals surface area contributed by atoms with Gasteiger partial charge in [0.1, 0.15) is 10.0 Å². The molecule has 33 heavy (non-hydrogen) atoms. The maximum atomic E-state index is 13.2. The Morgan fingerprint density at radius 2 is 2.03 bits per heavy atom. The van der Waals surface area contributed by atoms with Gasteiger partial charge in [0, 0.05) is 20.1 Å². The molecule has 2 aliphatic rings. The predicted octanol–water partition coefficient (Wildman–Crippen LogP) is 3.72. The van der Waals surface area contributed by atoms with Crippen LogP contribution in [0.2, 0.25) is 9.36 Å². The SMILES string of the molecule is CN(C(=O)CN1CCOCC1)[C@@H]1c2ccccc2C[C@@H]1NC(=O)c1cc2sc(Cl)c(Cl)c2[nH]1. The number of halogens is 2. The number of nitrogens with one attached hydrogen (secondary N) is 2. The van der Waals surface area contributed by atoms with Gasteiger partial charge in [0.2, 0.25) is 5.91 Å². The van der Waals surface area contributed by atoms with Crippen LogP contribution < -0.4 is 5.32 Å². The second kappa shape index (κ2) is 9.27. The first-order valence-corrected chi connectivity index (χ1v) is 12.4. The lowest BCUT2D eigenvalue weighted by Gasteiger charge is -2.33. The van der Waals surface area contributed by atoms with Crippen molar-refractivity contribution in [2.75, 3.05) is 39.9 Å². The van der Waals surface area contributed by atoms with Crippen molar-refractivity contribution < 1.29 is 14.3 Å². The smallest absolute Gasteiger partial charge is 0.268 e. The Morgan fingerprint density at radius 3 is 2.79 bits per heavy atom. The van der Waals surface area contributed by atoms with Crippen LogP contribution in [-0.4, -0.2) is 72.5 Å². The number of thiophene rings is 1. The molecule has 2 aromatic heterocycles. The Labute approximate surface area is 205 Å². The first-order chi connectivity index (χ1) is 15.9. The molecule has 10 heteroatoms. The first-order valence-electron chi connectivity index (χ1n) is 10.8. The number of ether oxygens (including phenoxy) is 1. The topological polar surface area (TPSA) is 77.7 Å². The average molecular weight is 507 g/mol. The number of hydrogen-bond donors (Lipinski definition) is 2. The lowest BCUT2D eigenvalue weighted by atomic mass is 10.0. The van der Waals surface area contributed by atoms with Gasteiger partial charge in [-0.2, -0.15) is 0 Å². The van der Waals surface area contributed by atoms with Crippen LogP contribution in [0, 0.1) is 0 Å². The quantitative estimate of drug-likeness (QED) is 0.552. The Kier molecular flexibility index (Phi) is 6.37. The molecule has 1 fully saturated rings. The van der Waals surface area contributed by atoms with E-state index in [4.69, 9.17) is 27.9 Å². The number of carbonyl (C=O) groups is 2. The van der Waals surface area contributed by atoms with Gasteiger partial charge >= 0.3 is 0 Å².